The number of nitrogens with zero attached hydrogens (tertiary/aromatic N) is 3. The van der Waals surface area contributed by atoms with Crippen molar-refractivity contribution in [1.29, 1.82) is 0 Å². The molecule has 32 heavy (non-hydrogen) atoms. The Morgan fingerprint density at radius 2 is 1.41 bits per heavy atom. The average molecular weight is 430 g/mol. The fourth-order valence-electron chi connectivity index (χ4n) is 4.57. The standard InChI is InChI=1S/C25H31N7/c26-24(27)30-18-10-12-19(13-11-18)32(16-17-6-2-1-3-7-17)23-15-14-22(31-25(28)29)20-8-4-5-9-21(20)23/h4-5,8-15,17H,1-3,6-7,16H2,(H4,26,27,30)(H4,28,29,31). The number of fused-ring (bicyclic) bond motifs is 1. The van der Waals surface area contributed by atoms with E-state index in [2.05, 4.69) is 45.2 Å². The molecule has 0 unspecified atom stereocenters. The molecule has 0 heterocycles. The van der Waals surface area contributed by atoms with E-state index in [0.717, 1.165) is 40.1 Å². The number of guanidine groups is 2. The Balaban J connectivity index is 1.80. The van der Waals surface area contributed by atoms with Crippen LogP contribution in [0, 0.1) is 5.92 Å². The third kappa shape index (κ3) is 4.94. The lowest BCUT2D eigenvalue weighted by molar-refractivity contribution is 0.365. The first-order valence-corrected chi connectivity index (χ1v) is 11.1. The zero-order valence-corrected chi connectivity index (χ0v) is 18.2. The Labute approximate surface area is 188 Å². The van der Waals surface area contributed by atoms with E-state index in [-0.39, 0.29) is 11.9 Å². The maximum absolute atomic E-state index is 5.67. The number of rotatable bonds is 6. The molecule has 3 aromatic rings. The Bertz CT molecular complexity index is 1120. The Hall–Kier alpha value is -3.74. The second-order valence-electron chi connectivity index (χ2n) is 8.35. The molecule has 3 aromatic carbocycles. The van der Waals surface area contributed by atoms with E-state index < -0.39 is 0 Å². The van der Waals surface area contributed by atoms with Crippen LogP contribution in [-0.2, 0) is 0 Å². The van der Waals surface area contributed by atoms with Crippen molar-refractivity contribution in [3.63, 3.8) is 0 Å². The molecule has 166 valence electrons. The van der Waals surface area contributed by atoms with Gasteiger partial charge >= 0.3 is 0 Å². The van der Waals surface area contributed by atoms with E-state index in [1.165, 1.54) is 32.1 Å². The van der Waals surface area contributed by atoms with Crippen LogP contribution < -0.4 is 27.8 Å². The summed E-state index contributed by atoms with van der Waals surface area (Å²) in [4.78, 5) is 10.9. The molecule has 1 fully saturated rings. The fraction of sp³-hybridized carbons (Fsp3) is 0.280. The van der Waals surface area contributed by atoms with Gasteiger partial charge in [-0.3, -0.25) is 0 Å². The van der Waals surface area contributed by atoms with Crippen molar-refractivity contribution >= 4 is 45.4 Å². The van der Waals surface area contributed by atoms with Gasteiger partial charge in [0.25, 0.3) is 0 Å². The predicted molar refractivity (Wildman–Crippen MR) is 135 cm³/mol. The summed E-state index contributed by atoms with van der Waals surface area (Å²) < 4.78 is 0. The van der Waals surface area contributed by atoms with Gasteiger partial charge in [0.15, 0.2) is 11.9 Å². The normalized spacial score (nSPS) is 14.1. The maximum atomic E-state index is 5.67. The predicted octanol–water partition coefficient (Wildman–Crippen LogP) is 4.37. The quantitative estimate of drug-likeness (QED) is 0.341. The summed E-state index contributed by atoms with van der Waals surface area (Å²) in [6.45, 7) is 0.952. The third-order valence-electron chi connectivity index (χ3n) is 6.00. The molecule has 1 aliphatic rings. The minimum Gasteiger partial charge on any atom is -0.370 e. The lowest BCUT2D eigenvalue weighted by atomic mass is 9.88. The first-order chi connectivity index (χ1) is 15.5. The van der Waals surface area contributed by atoms with Crippen molar-refractivity contribution < 1.29 is 0 Å². The van der Waals surface area contributed by atoms with E-state index >= 15 is 0 Å². The van der Waals surface area contributed by atoms with Crippen LogP contribution >= 0.6 is 0 Å². The number of hydrogen-bond donors (Lipinski definition) is 4. The van der Waals surface area contributed by atoms with E-state index in [1.54, 1.807) is 0 Å². The molecule has 0 spiro atoms. The first-order valence-electron chi connectivity index (χ1n) is 11.1. The van der Waals surface area contributed by atoms with E-state index in [0.29, 0.717) is 5.92 Å². The van der Waals surface area contributed by atoms with E-state index in [1.807, 2.05) is 30.3 Å². The van der Waals surface area contributed by atoms with Gasteiger partial charge < -0.3 is 27.8 Å². The molecule has 0 radical (unpaired) electrons. The number of benzene rings is 3. The third-order valence-corrected chi connectivity index (χ3v) is 6.00. The largest absolute Gasteiger partial charge is 0.370 e. The van der Waals surface area contributed by atoms with E-state index in [9.17, 15) is 0 Å². The molecule has 0 aliphatic heterocycles. The maximum Gasteiger partial charge on any atom is 0.191 e. The molecular formula is C25H31N7. The number of nitrogens with two attached hydrogens (primary N) is 4. The Kier molecular flexibility index (Phi) is 6.44. The Morgan fingerprint density at radius 3 is 2.06 bits per heavy atom. The van der Waals surface area contributed by atoms with Crippen molar-refractivity contribution in [3.05, 3.63) is 60.7 Å². The fourth-order valence-corrected chi connectivity index (χ4v) is 4.57. The highest BCUT2D eigenvalue weighted by Crippen LogP contribution is 2.39. The van der Waals surface area contributed by atoms with Crippen molar-refractivity contribution in [2.45, 2.75) is 32.1 Å². The van der Waals surface area contributed by atoms with Crippen molar-refractivity contribution in [1.82, 2.24) is 0 Å². The highest BCUT2D eigenvalue weighted by atomic mass is 15.1. The van der Waals surface area contributed by atoms with Crippen molar-refractivity contribution in [3.8, 4) is 0 Å². The topological polar surface area (TPSA) is 132 Å². The minimum atomic E-state index is 0.0530. The lowest BCUT2D eigenvalue weighted by Crippen LogP contribution is -2.26. The van der Waals surface area contributed by atoms with Gasteiger partial charge in [0.1, 0.15) is 0 Å². The monoisotopic (exact) mass is 429 g/mol. The smallest absolute Gasteiger partial charge is 0.191 e. The van der Waals surface area contributed by atoms with Crippen LogP contribution in [0.25, 0.3) is 10.8 Å². The zero-order chi connectivity index (χ0) is 22.5. The summed E-state index contributed by atoms with van der Waals surface area (Å²) in [6.07, 6.45) is 6.44. The van der Waals surface area contributed by atoms with Crippen LogP contribution in [0.5, 0.6) is 0 Å². The molecule has 1 saturated carbocycles. The van der Waals surface area contributed by atoms with Gasteiger partial charge in [-0.05, 0) is 55.2 Å². The minimum absolute atomic E-state index is 0.0530. The lowest BCUT2D eigenvalue weighted by Gasteiger charge is -2.32. The molecule has 0 aromatic heterocycles. The van der Waals surface area contributed by atoms with Gasteiger partial charge in [0.05, 0.1) is 11.4 Å². The molecule has 4 rings (SSSR count). The van der Waals surface area contributed by atoms with Crippen LogP contribution in [0.1, 0.15) is 32.1 Å². The van der Waals surface area contributed by atoms with Crippen LogP contribution in [0.15, 0.2) is 70.6 Å². The van der Waals surface area contributed by atoms with Gasteiger partial charge in [-0.25, -0.2) is 9.98 Å². The van der Waals surface area contributed by atoms with Crippen molar-refractivity contribution in [2.75, 3.05) is 11.4 Å². The van der Waals surface area contributed by atoms with Gasteiger partial charge in [-0.1, -0.05) is 43.5 Å². The summed E-state index contributed by atoms with van der Waals surface area (Å²) >= 11 is 0. The van der Waals surface area contributed by atoms with Gasteiger partial charge in [-0.2, -0.15) is 0 Å². The summed E-state index contributed by atoms with van der Waals surface area (Å²) in [5, 5.41) is 2.13. The SMILES string of the molecule is NC(N)=Nc1ccc(N(CC2CCCCC2)c2ccc(N=C(N)N)c3ccccc23)cc1. The summed E-state index contributed by atoms with van der Waals surface area (Å²) in [6, 6.07) is 20.4. The van der Waals surface area contributed by atoms with Crippen LogP contribution in [0.4, 0.5) is 22.7 Å². The van der Waals surface area contributed by atoms with Crippen molar-refractivity contribution in [2.24, 2.45) is 38.8 Å². The summed E-state index contributed by atoms with van der Waals surface area (Å²) in [7, 11) is 0. The average Bonchev–Trinajstić information content (AvgIpc) is 2.79. The van der Waals surface area contributed by atoms with Gasteiger partial charge in [0, 0.05) is 28.7 Å². The molecule has 1 aliphatic carbocycles. The molecule has 7 nitrogen and oxygen atoms in total. The summed E-state index contributed by atoms with van der Waals surface area (Å²) in [5.74, 6) is 0.757. The number of aliphatic imine (C=N–C) groups is 2. The molecule has 0 atom stereocenters. The number of hydrogen-bond acceptors (Lipinski definition) is 3. The molecular weight excluding hydrogens is 398 g/mol. The van der Waals surface area contributed by atoms with Crippen LogP contribution in [0.3, 0.4) is 0 Å². The molecule has 0 amide bonds. The van der Waals surface area contributed by atoms with Gasteiger partial charge in [-0.15, -0.1) is 0 Å². The summed E-state index contributed by atoms with van der Waals surface area (Å²) in [5.41, 5.74) is 26.1. The number of anilines is 2. The molecule has 0 bridgehead atoms. The molecule has 7 heteroatoms. The highest BCUT2D eigenvalue weighted by Gasteiger charge is 2.21. The second-order valence-corrected chi connectivity index (χ2v) is 8.35. The van der Waals surface area contributed by atoms with Crippen LogP contribution in [-0.4, -0.2) is 18.5 Å². The Morgan fingerprint density at radius 1 is 0.750 bits per heavy atom. The van der Waals surface area contributed by atoms with Gasteiger partial charge in [0.2, 0.25) is 0 Å². The first kappa shape index (κ1) is 21.5. The molecule has 8 N–H and O–H groups in total. The van der Waals surface area contributed by atoms with Crippen LogP contribution in [0.2, 0.25) is 0 Å². The second kappa shape index (κ2) is 9.60. The highest BCUT2D eigenvalue weighted by molar-refractivity contribution is 6.03. The van der Waals surface area contributed by atoms with E-state index in [4.69, 9.17) is 22.9 Å². The zero-order valence-electron chi connectivity index (χ0n) is 18.2. The molecule has 0 saturated heterocycles.